The molecular formula is C38H40O5. The van der Waals surface area contributed by atoms with E-state index >= 15 is 0 Å². The van der Waals surface area contributed by atoms with Crippen molar-refractivity contribution in [2.45, 2.75) is 61.0 Å². The van der Waals surface area contributed by atoms with E-state index in [0.717, 1.165) is 63.1 Å². The van der Waals surface area contributed by atoms with Gasteiger partial charge in [-0.3, -0.25) is 0 Å². The lowest BCUT2D eigenvalue weighted by Crippen LogP contribution is -2.31. The number of carbonyl (C=O) groups is 1. The van der Waals surface area contributed by atoms with Gasteiger partial charge in [0.25, 0.3) is 0 Å². The lowest BCUT2D eigenvalue weighted by molar-refractivity contribution is -0.146. The summed E-state index contributed by atoms with van der Waals surface area (Å²) < 4.78 is 24.7. The van der Waals surface area contributed by atoms with Crippen LogP contribution < -0.4 is 14.2 Å². The smallest absolute Gasteiger partial charge is 0.330 e. The van der Waals surface area contributed by atoms with Crippen molar-refractivity contribution in [3.63, 3.8) is 0 Å². The fraction of sp³-hybridized carbons (Fsp3) is 0.289. The second kappa shape index (κ2) is 12.4. The monoisotopic (exact) mass is 576 g/mol. The van der Waals surface area contributed by atoms with Gasteiger partial charge in [-0.2, -0.15) is 0 Å². The Bertz CT molecular complexity index is 1680. The zero-order valence-electron chi connectivity index (χ0n) is 26.2. The summed E-state index contributed by atoms with van der Waals surface area (Å²) in [7, 11) is 0. The number of carbonyl (C=O) groups excluding carboxylic acids is 1. The normalized spacial score (nSPS) is 12.4. The Morgan fingerprint density at radius 3 is 1.93 bits per heavy atom. The molecule has 0 saturated carbocycles. The summed E-state index contributed by atoms with van der Waals surface area (Å²) in [5.41, 5.74) is 12.7. The van der Waals surface area contributed by atoms with Crippen molar-refractivity contribution in [3.05, 3.63) is 117 Å². The molecule has 43 heavy (non-hydrogen) atoms. The van der Waals surface area contributed by atoms with Crippen LogP contribution in [0.15, 0.2) is 67.3 Å². The van der Waals surface area contributed by atoms with Crippen LogP contribution in [0.4, 0.5) is 0 Å². The molecule has 0 aliphatic carbocycles. The van der Waals surface area contributed by atoms with Crippen molar-refractivity contribution in [1.29, 1.82) is 0 Å². The van der Waals surface area contributed by atoms with Crippen LogP contribution in [0.1, 0.15) is 50.1 Å². The van der Waals surface area contributed by atoms with E-state index in [9.17, 15) is 4.79 Å². The summed E-state index contributed by atoms with van der Waals surface area (Å²) in [5.74, 6) is 2.84. The second-order valence-electron chi connectivity index (χ2n) is 11.4. The molecule has 1 aliphatic heterocycles. The summed E-state index contributed by atoms with van der Waals surface area (Å²) >= 11 is 0. The van der Waals surface area contributed by atoms with Gasteiger partial charge in [0, 0.05) is 23.6 Å². The first-order chi connectivity index (χ1) is 20.6. The summed E-state index contributed by atoms with van der Waals surface area (Å²) in [6.45, 7) is 18.7. The SMILES string of the molecule is C=CC(=O)OC(COc1ccc(-c2ccccc2)cc1)COc1c(C)c(C)c2c(c1C)Cc1c(C)c(C)c(C)c(C)c1O2. The summed E-state index contributed by atoms with van der Waals surface area (Å²) in [6.07, 6.45) is 1.30. The highest BCUT2D eigenvalue weighted by molar-refractivity contribution is 5.81. The van der Waals surface area contributed by atoms with Crippen molar-refractivity contribution in [2.24, 2.45) is 0 Å². The van der Waals surface area contributed by atoms with Gasteiger partial charge >= 0.3 is 5.97 Å². The number of rotatable bonds is 9. The molecule has 0 fully saturated rings. The standard InChI is InChI=1S/C38H40O5/c1-9-35(39)42-32(20-40-31-17-15-30(16-18-31)29-13-11-10-12-14-29)21-41-36-26(6)27(7)38-34(28(36)8)19-33-24(4)22(2)23(3)25(5)37(33)43-38/h9-18,32H,1,19-21H2,2-8H3. The highest BCUT2D eigenvalue weighted by atomic mass is 16.6. The van der Waals surface area contributed by atoms with E-state index in [1.54, 1.807) is 0 Å². The van der Waals surface area contributed by atoms with Crippen molar-refractivity contribution < 1.29 is 23.7 Å². The third-order valence-electron chi connectivity index (χ3n) is 8.88. The van der Waals surface area contributed by atoms with E-state index in [4.69, 9.17) is 18.9 Å². The Balaban J connectivity index is 1.35. The van der Waals surface area contributed by atoms with E-state index < -0.39 is 12.1 Å². The topological polar surface area (TPSA) is 54.0 Å². The molecule has 222 valence electrons. The molecule has 0 bridgehead atoms. The molecule has 1 heterocycles. The second-order valence-corrected chi connectivity index (χ2v) is 11.4. The molecule has 4 aromatic carbocycles. The largest absolute Gasteiger partial charge is 0.490 e. The predicted molar refractivity (Wildman–Crippen MR) is 172 cm³/mol. The minimum Gasteiger partial charge on any atom is -0.490 e. The van der Waals surface area contributed by atoms with Crippen LogP contribution in [-0.2, 0) is 16.0 Å². The van der Waals surface area contributed by atoms with Crippen LogP contribution in [-0.4, -0.2) is 25.3 Å². The van der Waals surface area contributed by atoms with E-state index in [2.05, 4.69) is 60.3 Å². The average Bonchev–Trinajstić information content (AvgIpc) is 3.03. The van der Waals surface area contributed by atoms with Crippen LogP contribution in [0, 0.1) is 48.5 Å². The Labute approximate surface area is 255 Å². The zero-order valence-corrected chi connectivity index (χ0v) is 26.2. The van der Waals surface area contributed by atoms with Gasteiger partial charge in [0.2, 0.25) is 0 Å². The molecule has 5 nitrogen and oxygen atoms in total. The number of hydrogen-bond acceptors (Lipinski definition) is 5. The van der Waals surface area contributed by atoms with Crippen molar-refractivity contribution in [3.8, 4) is 34.1 Å². The van der Waals surface area contributed by atoms with Crippen LogP contribution >= 0.6 is 0 Å². The summed E-state index contributed by atoms with van der Waals surface area (Å²) in [4.78, 5) is 12.2. The molecule has 0 radical (unpaired) electrons. The van der Waals surface area contributed by atoms with Gasteiger partial charge in [-0.25, -0.2) is 4.79 Å². The molecule has 0 saturated heterocycles. The third kappa shape index (κ3) is 5.90. The van der Waals surface area contributed by atoms with Gasteiger partial charge in [0.15, 0.2) is 6.10 Å². The molecule has 0 spiro atoms. The Morgan fingerprint density at radius 1 is 0.721 bits per heavy atom. The number of ether oxygens (including phenoxy) is 4. The molecule has 1 unspecified atom stereocenters. The molecule has 1 atom stereocenters. The summed E-state index contributed by atoms with van der Waals surface area (Å²) in [5, 5.41) is 0. The Kier molecular flexibility index (Phi) is 8.63. The molecule has 1 aliphatic rings. The van der Waals surface area contributed by atoms with Crippen LogP contribution in [0.25, 0.3) is 11.1 Å². The van der Waals surface area contributed by atoms with Gasteiger partial charge in [-0.15, -0.1) is 0 Å². The van der Waals surface area contributed by atoms with Crippen LogP contribution in [0.2, 0.25) is 0 Å². The fourth-order valence-electron chi connectivity index (χ4n) is 5.78. The predicted octanol–water partition coefficient (Wildman–Crippen LogP) is 8.76. The quantitative estimate of drug-likeness (QED) is 0.130. The van der Waals surface area contributed by atoms with Gasteiger partial charge in [-0.05, 0) is 111 Å². The van der Waals surface area contributed by atoms with Crippen molar-refractivity contribution in [1.82, 2.24) is 0 Å². The lowest BCUT2D eigenvalue weighted by atomic mass is 9.85. The van der Waals surface area contributed by atoms with Gasteiger partial charge < -0.3 is 18.9 Å². The zero-order chi connectivity index (χ0) is 30.8. The van der Waals surface area contributed by atoms with E-state index in [1.165, 1.54) is 27.8 Å². The lowest BCUT2D eigenvalue weighted by Gasteiger charge is -2.30. The molecular weight excluding hydrogens is 536 g/mol. The molecule has 0 N–H and O–H groups in total. The fourth-order valence-corrected chi connectivity index (χ4v) is 5.78. The maximum Gasteiger partial charge on any atom is 0.330 e. The number of benzene rings is 4. The van der Waals surface area contributed by atoms with Crippen molar-refractivity contribution in [2.75, 3.05) is 13.2 Å². The Hall–Kier alpha value is -4.51. The maximum absolute atomic E-state index is 12.2. The maximum atomic E-state index is 12.2. The van der Waals surface area contributed by atoms with Crippen LogP contribution in [0.3, 0.4) is 0 Å². The van der Waals surface area contributed by atoms with Gasteiger partial charge in [0.05, 0.1) is 0 Å². The van der Waals surface area contributed by atoms with Crippen LogP contribution in [0.5, 0.6) is 23.0 Å². The third-order valence-corrected chi connectivity index (χ3v) is 8.88. The molecule has 0 aromatic heterocycles. The van der Waals surface area contributed by atoms with Gasteiger partial charge in [0.1, 0.15) is 36.2 Å². The van der Waals surface area contributed by atoms with E-state index in [0.29, 0.717) is 5.75 Å². The Morgan fingerprint density at radius 2 is 1.28 bits per heavy atom. The van der Waals surface area contributed by atoms with Crippen molar-refractivity contribution >= 4 is 5.97 Å². The van der Waals surface area contributed by atoms with E-state index in [-0.39, 0.29) is 13.2 Å². The molecule has 0 amide bonds. The van der Waals surface area contributed by atoms with E-state index in [1.807, 2.05) is 49.4 Å². The molecule has 4 aromatic rings. The first-order valence-electron chi connectivity index (χ1n) is 14.7. The first kappa shape index (κ1) is 30.0. The summed E-state index contributed by atoms with van der Waals surface area (Å²) in [6, 6.07) is 18.0. The first-order valence-corrected chi connectivity index (χ1v) is 14.7. The minimum atomic E-state index is -0.637. The van der Waals surface area contributed by atoms with Gasteiger partial charge in [-0.1, -0.05) is 49.0 Å². The average molecular weight is 577 g/mol. The minimum absolute atomic E-state index is 0.134. The number of hydrogen-bond donors (Lipinski definition) is 0. The number of fused-ring (bicyclic) bond motifs is 2. The molecule has 5 rings (SSSR count). The highest BCUT2D eigenvalue weighted by Gasteiger charge is 2.29. The number of esters is 1. The molecule has 5 heteroatoms. The highest BCUT2D eigenvalue weighted by Crippen LogP contribution is 2.48.